The van der Waals surface area contributed by atoms with Gasteiger partial charge in [0.15, 0.2) is 0 Å². The molecule has 1 aliphatic heterocycles. The summed E-state index contributed by atoms with van der Waals surface area (Å²) in [5.41, 5.74) is 3.55. The van der Waals surface area contributed by atoms with Gasteiger partial charge >= 0.3 is 12.0 Å². The molecule has 1 atom stereocenters. The number of likely N-dealkylation sites (tertiary alicyclic amines) is 1. The summed E-state index contributed by atoms with van der Waals surface area (Å²) >= 11 is 0. The molecule has 0 saturated carbocycles. The summed E-state index contributed by atoms with van der Waals surface area (Å²) in [5, 5.41) is 24.3. The highest BCUT2D eigenvalue weighted by molar-refractivity contribution is 6.00. The number of para-hydroxylation sites is 1. The molecule has 216 valence electrons. The molecule has 1 fully saturated rings. The summed E-state index contributed by atoms with van der Waals surface area (Å²) in [6.45, 7) is 4.84. The number of hydrogen-bond acceptors (Lipinski definition) is 5. The maximum atomic E-state index is 13.4. The van der Waals surface area contributed by atoms with E-state index in [2.05, 4.69) is 10.6 Å². The molecule has 0 aromatic heterocycles. The molecule has 4 N–H and O–H groups in total. The Morgan fingerprint density at radius 3 is 2.49 bits per heavy atom. The van der Waals surface area contributed by atoms with Crippen LogP contribution in [0.3, 0.4) is 0 Å². The zero-order chi connectivity index (χ0) is 29.4. The predicted molar refractivity (Wildman–Crippen MR) is 158 cm³/mol. The molecule has 3 amide bonds. The van der Waals surface area contributed by atoms with Gasteiger partial charge in [-0.1, -0.05) is 30.3 Å². The minimum absolute atomic E-state index is 0.00560. The van der Waals surface area contributed by atoms with Gasteiger partial charge in [-0.25, -0.2) is 9.59 Å². The first-order chi connectivity index (χ1) is 19.7. The van der Waals surface area contributed by atoms with E-state index in [-0.39, 0.29) is 37.1 Å². The predicted octanol–water partition coefficient (Wildman–Crippen LogP) is 5.26. The zero-order valence-electron chi connectivity index (χ0n) is 23.5. The highest BCUT2D eigenvalue weighted by Crippen LogP contribution is 2.32. The standard InChI is InChI=1S/C32H37N3O6/c1-22-7-3-4-9-27(22)34-31(40)33-26-13-10-23(11-14-26)19-29(37)35-17-6-16-32(35,2)21-41-28-15-12-25(30(38)39)20-24(28)8-5-18-36/h3-4,7,9-15,20,36H,5-6,8,16-19,21H2,1-2H3,(H,38,39)(H2,33,34,40). The van der Waals surface area contributed by atoms with Crippen molar-refractivity contribution in [3.63, 3.8) is 0 Å². The lowest BCUT2D eigenvalue weighted by Gasteiger charge is -2.35. The highest BCUT2D eigenvalue weighted by atomic mass is 16.5. The van der Waals surface area contributed by atoms with Crippen molar-refractivity contribution < 1.29 is 29.3 Å². The van der Waals surface area contributed by atoms with Crippen LogP contribution in [0.5, 0.6) is 5.75 Å². The molecule has 0 bridgehead atoms. The van der Waals surface area contributed by atoms with Gasteiger partial charge in [0.25, 0.3) is 0 Å². The summed E-state index contributed by atoms with van der Waals surface area (Å²) in [4.78, 5) is 39.0. The maximum Gasteiger partial charge on any atom is 0.335 e. The number of urea groups is 1. The number of ether oxygens (including phenoxy) is 1. The van der Waals surface area contributed by atoms with Crippen LogP contribution in [0.2, 0.25) is 0 Å². The Morgan fingerprint density at radius 2 is 1.78 bits per heavy atom. The molecular weight excluding hydrogens is 522 g/mol. The van der Waals surface area contributed by atoms with E-state index < -0.39 is 11.5 Å². The number of amides is 3. The number of carboxylic acids is 1. The van der Waals surface area contributed by atoms with E-state index in [4.69, 9.17) is 4.74 Å². The molecule has 9 heteroatoms. The Hall–Kier alpha value is -4.37. The average Bonchev–Trinajstić information content (AvgIpc) is 3.35. The van der Waals surface area contributed by atoms with Gasteiger partial charge in [-0.3, -0.25) is 4.79 Å². The monoisotopic (exact) mass is 559 g/mol. The number of nitrogens with zero attached hydrogens (tertiary/aromatic N) is 1. The topological polar surface area (TPSA) is 128 Å². The van der Waals surface area contributed by atoms with Crippen LogP contribution < -0.4 is 15.4 Å². The average molecular weight is 560 g/mol. The van der Waals surface area contributed by atoms with Gasteiger partial charge < -0.3 is 30.5 Å². The summed E-state index contributed by atoms with van der Waals surface area (Å²) in [7, 11) is 0. The van der Waals surface area contributed by atoms with Crippen molar-refractivity contribution in [2.75, 3.05) is 30.4 Å². The van der Waals surface area contributed by atoms with E-state index in [0.717, 1.165) is 35.2 Å². The third-order valence-electron chi connectivity index (χ3n) is 7.46. The van der Waals surface area contributed by atoms with Gasteiger partial charge in [0.2, 0.25) is 5.91 Å². The lowest BCUT2D eigenvalue weighted by molar-refractivity contribution is -0.135. The Bertz CT molecular complexity index is 1390. The first kappa shape index (κ1) is 29.6. The molecular formula is C32H37N3O6. The quantitative estimate of drug-likeness (QED) is 0.254. The molecule has 0 spiro atoms. The number of anilines is 2. The van der Waals surface area contributed by atoms with E-state index in [1.807, 2.05) is 55.1 Å². The third-order valence-corrected chi connectivity index (χ3v) is 7.46. The van der Waals surface area contributed by atoms with Gasteiger partial charge in [0.05, 0.1) is 17.5 Å². The van der Waals surface area contributed by atoms with Crippen LogP contribution >= 0.6 is 0 Å². The SMILES string of the molecule is Cc1ccccc1NC(=O)Nc1ccc(CC(=O)N2CCCC2(C)COc2ccc(C(=O)O)cc2CCCO)cc1. The third kappa shape index (κ3) is 7.64. The first-order valence-electron chi connectivity index (χ1n) is 13.8. The second-order valence-corrected chi connectivity index (χ2v) is 10.7. The van der Waals surface area contributed by atoms with Crippen molar-refractivity contribution in [1.29, 1.82) is 0 Å². The van der Waals surface area contributed by atoms with Gasteiger partial charge in [-0.15, -0.1) is 0 Å². The lowest BCUT2D eigenvalue weighted by atomic mass is 9.99. The van der Waals surface area contributed by atoms with E-state index in [1.54, 1.807) is 24.3 Å². The number of aliphatic hydroxyl groups excluding tert-OH is 1. The number of benzene rings is 3. The van der Waals surface area contributed by atoms with E-state index in [1.165, 1.54) is 6.07 Å². The van der Waals surface area contributed by atoms with Crippen LogP contribution in [0.4, 0.5) is 16.2 Å². The van der Waals surface area contributed by atoms with Gasteiger partial charge in [-0.05, 0) is 92.6 Å². The minimum Gasteiger partial charge on any atom is -0.491 e. The zero-order valence-corrected chi connectivity index (χ0v) is 23.5. The van der Waals surface area contributed by atoms with Crippen molar-refractivity contribution in [2.45, 2.75) is 51.5 Å². The number of aliphatic hydroxyl groups is 1. The number of carboxylic acid groups (broad SMARTS) is 1. The molecule has 0 radical (unpaired) electrons. The van der Waals surface area contributed by atoms with Crippen molar-refractivity contribution in [1.82, 2.24) is 4.90 Å². The van der Waals surface area contributed by atoms with Crippen LogP contribution in [0.15, 0.2) is 66.7 Å². The maximum absolute atomic E-state index is 13.4. The number of aromatic carboxylic acids is 1. The second kappa shape index (κ2) is 13.3. The molecule has 3 aromatic rings. The molecule has 1 unspecified atom stereocenters. The Balaban J connectivity index is 1.35. The minimum atomic E-state index is -1.02. The Kier molecular flexibility index (Phi) is 9.62. The number of carbonyl (C=O) groups excluding carboxylic acids is 2. The molecule has 3 aromatic carbocycles. The van der Waals surface area contributed by atoms with Crippen LogP contribution in [0.1, 0.15) is 53.2 Å². The van der Waals surface area contributed by atoms with Crippen molar-refractivity contribution >= 4 is 29.3 Å². The normalized spacial score (nSPS) is 16.3. The summed E-state index contributed by atoms with van der Waals surface area (Å²) in [6.07, 6.45) is 2.86. The van der Waals surface area contributed by atoms with Crippen molar-refractivity contribution in [3.8, 4) is 5.75 Å². The molecule has 1 aliphatic rings. The first-order valence-corrected chi connectivity index (χ1v) is 13.8. The lowest BCUT2D eigenvalue weighted by Crippen LogP contribution is -2.49. The number of rotatable bonds is 11. The fraction of sp³-hybridized carbons (Fsp3) is 0.344. The van der Waals surface area contributed by atoms with Crippen molar-refractivity contribution in [3.05, 3.63) is 89.0 Å². The van der Waals surface area contributed by atoms with Gasteiger partial charge in [0.1, 0.15) is 12.4 Å². The van der Waals surface area contributed by atoms with Crippen LogP contribution in [-0.2, 0) is 17.6 Å². The summed E-state index contributed by atoms with van der Waals surface area (Å²) in [6, 6.07) is 19.2. The van der Waals surface area contributed by atoms with Gasteiger partial charge in [-0.2, -0.15) is 0 Å². The fourth-order valence-corrected chi connectivity index (χ4v) is 5.12. The number of aryl methyl sites for hydroxylation is 2. The molecule has 41 heavy (non-hydrogen) atoms. The van der Waals surface area contributed by atoms with Gasteiger partial charge in [0, 0.05) is 24.5 Å². The smallest absolute Gasteiger partial charge is 0.335 e. The molecule has 1 heterocycles. The van der Waals surface area contributed by atoms with E-state index in [0.29, 0.717) is 30.8 Å². The molecule has 4 rings (SSSR count). The van der Waals surface area contributed by atoms with E-state index >= 15 is 0 Å². The van der Waals surface area contributed by atoms with Crippen LogP contribution in [-0.4, -0.2) is 58.3 Å². The largest absolute Gasteiger partial charge is 0.491 e. The van der Waals surface area contributed by atoms with Crippen LogP contribution in [0.25, 0.3) is 0 Å². The number of hydrogen-bond donors (Lipinski definition) is 4. The second-order valence-electron chi connectivity index (χ2n) is 10.7. The number of nitrogens with one attached hydrogen (secondary N) is 2. The number of carbonyl (C=O) groups is 3. The fourth-order valence-electron chi connectivity index (χ4n) is 5.12. The molecule has 1 saturated heterocycles. The van der Waals surface area contributed by atoms with Crippen molar-refractivity contribution in [2.24, 2.45) is 0 Å². The van der Waals surface area contributed by atoms with E-state index in [9.17, 15) is 24.6 Å². The Morgan fingerprint density at radius 1 is 1.02 bits per heavy atom. The molecule has 0 aliphatic carbocycles. The highest BCUT2D eigenvalue weighted by Gasteiger charge is 2.40. The Labute approximate surface area is 240 Å². The summed E-state index contributed by atoms with van der Waals surface area (Å²) < 4.78 is 6.17. The molecule has 9 nitrogen and oxygen atoms in total. The summed E-state index contributed by atoms with van der Waals surface area (Å²) in [5.74, 6) is -0.456. The van der Waals surface area contributed by atoms with Crippen LogP contribution in [0, 0.1) is 6.92 Å².